The summed E-state index contributed by atoms with van der Waals surface area (Å²) in [6.07, 6.45) is 2.61. The second-order valence-corrected chi connectivity index (χ2v) is 4.92. The van der Waals surface area contributed by atoms with Crippen molar-refractivity contribution in [1.82, 2.24) is 15.2 Å². The van der Waals surface area contributed by atoms with Crippen molar-refractivity contribution in [2.24, 2.45) is 0 Å². The van der Waals surface area contributed by atoms with Gasteiger partial charge in [-0.05, 0) is 12.1 Å². The van der Waals surface area contributed by atoms with Crippen LogP contribution in [0.1, 0.15) is 5.69 Å². The van der Waals surface area contributed by atoms with Gasteiger partial charge in [0.05, 0.1) is 11.9 Å². The molecule has 2 heterocycles. The van der Waals surface area contributed by atoms with Crippen molar-refractivity contribution in [3.63, 3.8) is 0 Å². The van der Waals surface area contributed by atoms with Crippen LogP contribution in [0.2, 0.25) is 0 Å². The van der Waals surface area contributed by atoms with Gasteiger partial charge in [-0.3, -0.25) is 9.82 Å². The minimum absolute atomic E-state index is 0.0442. The summed E-state index contributed by atoms with van der Waals surface area (Å²) in [5.74, 6) is 0.0442. The number of hydrogen-bond acceptors (Lipinski definition) is 6. The molecule has 0 unspecified atom stereocenters. The van der Waals surface area contributed by atoms with E-state index in [1.54, 1.807) is 6.07 Å². The van der Waals surface area contributed by atoms with Gasteiger partial charge in [0.1, 0.15) is 11.0 Å². The van der Waals surface area contributed by atoms with E-state index < -0.39 is 10.0 Å². The summed E-state index contributed by atoms with van der Waals surface area (Å²) in [5.41, 5.74) is 5.46. The fourth-order valence-corrected chi connectivity index (χ4v) is 2.41. The van der Waals surface area contributed by atoms with Gasteiger partial charge in [0.15, 0.2) is 11.5 Å². The molecule has 0 fully saturated rings. The Morgan fingerprint density at radius 3 is 2.89 bits per heavy atom. The van der Waals surface area contributed by atoms with Gasteiger partial charge in [-0.1, -0.05) is 0 Å². The van der Waals surface area contributed by atoms with Gasteiger partial charge in [0, 0.05) is 6.20 Å². The maximum atomic E-state index is 12.0. The SMILES string of the molecule is N#Cc1ncccc1S(=O)(=O)Nc1[nH]ncc1N. The van der Waals surface area contributed by atoms with Crippen molar-refractivity contribution < 1.29 is 8.42 Å². The van der Waals surface area contributed by atoms with Crippen LogP contribution >= 0.6 is 0 Å². The summed E-state index contributed by atoms with van der Waals surface area (Å²) >= 11 is 0. The summed E-state index contributed by atoms with van der Waals surface area (Å²) in [5, 5.41) is 14.8. The molecule has 18 heavy (non-hydrogen) atoms. The lowest BCUT2D eigenvalue weighted by molar-refractivity contribution is 0.600. The number of H-pyrrole nitrogens is 1. The molecule has 0 aliphatic rings. The second kappa shape index (κ2) is 4.34. The fourth-order valence-electron chi connectivity index (χ4n) is 1.26. The van der Waals surface area contributed by atoms with Crippen LogP contribution in [-0.2, 0) is 10.0 Å². The molecule has 2 aromatic rings. The Balaban J connectivity index is 2.44. The van der Waals surface area contributed by atoms with E-state index >= 15 is 0 Å². The predicted molar refractivity (Wildman–Crippen MR) is 62.8 cm³/mol. The molecule has 8 nitrogen and oxygen atoms in total. The highest BCUT2D eigenvalue weighted by Crippen LogP contribution is 2.19. The number of nitrogens with zero attached hydrogens (tertiary/aromatic N) is 3. The zero-order chi connectivity index (χ0) is 13.2. The third-order valence-electron chi connectivity index (χ3n) is 2.07. The molecule has 0 aliphatic heterocycles. The van der Waals surface area contributed by atoms with E-state index in [1.165, 1.54) is 24.5 Å². The summed E-state index contributed by atoms with van der Waals surface area (Å²) in [6, 6.07) is 4.41. The lowest BCUT2D eigenvalue weighted by Crippen LogP contribution is -2.16. The standard InChI is InChI=1S/C9H8N6O2S/c10-4-7-8(2-1-3-12-7)18(16,17)15-9-6(11)5-13-14-9/h1-3,5H,11H2,(H2,13,14,15). The van der Waals surface area contributed by atoms with Crippen LogP contribution < -0.4 is 10.5 Å². The number of aromatic nitrogens is 3. The number of anilines is 2. The normalized spacial score (nSPS) is 10.8. The first kappa shape index (κ1) is 11.9. The van der Waals surface area contributed by atoms with Crippen molar-refractivity contribution >= 4 is 21.5 Å². The first-order valence-corrected chi connectivity index (χ1v) is 6.19. The molecule has 0 amide bonds. The molecule has 0 radical (unpaired) electrons. The van der Waals surface area contributed by atoms with Crippen molar-refractivity contribution in [2.45, 2.75) is 4.90 Å². The highest BCUT2D eigenvalue weighted by atomic mass is 32.2. The molecular weight excluding hydrogens is 256 g/mol. The molecule has 0 saturated carbocycles. The van der Waals surface area contributed by atoms with Crippen LogP contribution in [0.4, 0.5) is 11.5 Å². The van der Waals surface area contributed by atoms with E-state index in [4.69, 9.17) is 11.0 Å². The molecule has 0 saturated heterocycles. The molecule has 0 spiro atoms. The number of sulfonamides is 1. The second-order valence-electron chi connectivity index (χ2n) is 3.27. The van der Waals surface area contributed by atoms with Gasteiger partial charge in [0.2, 0.25) is 0 Å². The zero-order valence-corrected chi connectivity index (χ0v) is 9.77. The minimum atomic E-state index is -3.93. The largest absolute Gasteiger partial charge is 0.394 e. The number of nitrogens with two attached hydrogens (primary N) is 1. The average molecular weight is 264 g/mol. The van der Waals surface area contributed by atoms with Crippen LogP contribution in [0.25, 0.3) is 0 Å². The number of rotatable bonds is 3. The fraction of sp³-hybridized carbons (Fsp3) is 0. The molecule has 0 aliphatic carbocycles. The number of nitrogens with one attached hydrogen (secondary N) is 2. The smallest absolute Gasteiger partial charge is 0.265 e. The summed E-state index contributed by atoms with van der Waals surface area (Å²) < 4.78 is 26.2. The average Bonchev–Trinajstić information content (AvgIpc) is 2.74. The summed E-state index contributed by atoms with van der Waals surface area (Å²) in [6.45, 7) is 0. The van der Waals surface area contributed by atoms with Gasteiger partial charge in [-0.2, -0.15) is 10.4 Å². The molecule has 4 N–H and O–H groups in total. The van der Waals surface area contributed by atoms with Gasteiger partial charge in [-0.25, -0.2) is 13.4 Å². The zero-order valence-electron chi connectivity index (χ0n) is 8.95. The topological polar surface area (TPSA) is 138 Å². The van der Waals surface area contributed by atoms with Crippen LogP contribution in [-0.4, -0.2) is 23.6 Å². The summed E-state index contributed by atoms with van der Waals surface area (Å²) in [7, 11) is -3.93. The van der Waals surface area contributed by atoms with Crippen LogP contribution in [0.15, 0.2) is 29.4 Å². The minimum Gasteiger partial charge on any atom is -0.394 e. The van der Waals surface area contributed by atoms with Gasteiger partial charge < -0.3 is 5.73 Å². The van der Waals surface area contributed by atoms with Crippen LogP contribution in [0.5, 0.6) is 0 Å². The molecule has 92 valence electrons. The highest BCUT2D eigenvalue weighted by Gasteiger charge is 2.20. The van der Waals surface area contributed by atoms with E-state index in [1.807, 2.05) is 0 Å². The van der Waals surface area contributed by atoms with Gasteiger partial charge in [-0.15, -0.1) is 0 Å². The first-order chi connectivity index (χ1) is 8.54. The number of pyridine rings is 1. The Morgan fingerprint density at radius 2 is 2.28 bits per heavy atom. The molecule has 0 atom stereocenters. The number of hydrogen-bond donors (Lipinski definition) is 3. The Morgan fingerprint density at radius 1 is 1.50 bits per heavy atom. The molecule has 0 bridgehead atoms. The Labute approximate surface area is 103 Å². The van der Waals surface area contributed by atoms with E-state index in [0.717, 1.165) is 0 Å². The van der Waals surface area contributed by atoms with E-state index in [-0.39, 0.29) is 22.1 Å². The van der Waals surface area contributed by atoms with Crippen LogP contribution in [0, 0.1) is 11.3 Å². The molecular formula is C9H8N6O2S. The number of nitriles is 1. The maximum Gasteiger partial charge on any atom is 0.265 e. The van der Waals surface area contributed by atoms with Crippen molar-refractivity contribution in [3.05, 3.63) is 30.2 Å². The number of aromatic amines is 1. The third-order valence-corrected chi connectivity index (χ3v) is 3.45. The predicted octanol–water partition coefficient (Wildman–Crippen LogP) is 0.0594. The Hall–Kier alpha value is -2.60. The lowest BCUT2D eigenvalue weighted by atomic mass is 10.4. The molecule has 2 aromatic heterocycles. The van der Waals surface area contributed by atoms with Crippen molar-refractivity contribution in [3.8, 4) is 6.07 Å². The van der Waals surface area contributed by atoms with E-state index in [9.17, 15) is 8.42 Å². The molecule has 2 rings (SSSR count). The Bertz CT molecular complexity index is 715. The van der Waals surface area contributed by atoms with Crippen molar-refractivity contribution in [1.29, 1.82) is 5.26 Å². The van der Waals surface area contributed by atoms with Gasteiger partial charge >= 0.3 is 0 Å². The van der Waals surface area contributed by atoms with Gasteiger partial charge in [0.25, 0.3) is 10.0 Å². The van der Waals surface area contributed by atoms with E-state index in [0.29, 0.717) is 0 Å². The number of nitrogen functional groups attached to an aromatic ring is 1. The van der Waals surface area contributed by atoms with Crippen LogP contribution in [0.3, 0.4) is 0 Å². The maximum absolute atomic E-state index is 12.0. The summed E-state index contributed by atoms with van der Waals surface area (Å²) in [4.78, 5) is 3.46. The lowest BCUT2D eigenvalue weighted by Gasteiger charge is -2.07. The quantitative estimate of drug-likeness (QED) is 0.716. The monoisotopic (exact) mass is 264 g/mol. The van der Waals surface area contributed by atoms with E-state index in [2.05, 4.69) is 19.9 Å². The van der Waals surface area contributed by atoms with Crippen molar-refractivity contribution in [2.75, 3.05) is 10.5 Å². The Kier molecular flexibility index (Phi) is 2.86. The first-order valence-electron chi connectivity index (χ1n) is 4.71. The molecule has 9 heteroatoms. The highest BCUT2D eigenvalue weighted by molar-refractivity contribution is 7.92. The molecule has 0 aromatic carbocycles. The third kappa shape index (κ3) is 2.09.